The first-order valence-corrected chi connectivity index (χ1v) is 18.8. The number of allylic oxidation sites excluding steroid dienone is 10. The summed E-state index contributed by atoms with van der Waals surface area (Å²) in [5.74, 6) is 2.28. The van der Waals surface area contributed by atoms with Crippen molar-refractivity contribution in [1.29, 1.82) is 0 Å². The Morgan fingerprint density at radius 1 is 0.911 bits per heavy atom. The van der Waals surface area contributed by atoms with E-state index in [1.54, 1.807) is 11.1 Å². The van der Waals surface area contributed by atoms with Gasteiger partial charge in [0.05, 0.1) is 0 Å². The number of rotatable bonds is 25. The molecule has 5 unspecified atom stereocenters. The van der Waals surface area contributed by atoms with Crippen molar-refractivity contribution in [2.75, 3.05) is 13.1 Å². The molecule has 1 aliphatic carbocycles. The minimum absolute atomic E-state index is 0.213. The van der Waals surface area contributed by atoms with E-state index in [0.29, 0.717) is 29.7 Å². The van der Waals surface area contributed by atoms with Gasteiger partial charge in [-0.15, -0.1) is 0 Å². The van der Waals surface area contributed by atoms with Gasteiger partial charge >= 0.3 is 0 Å². The van der Waals surface area contributed by atoms with E-state index in [0.717, 1.165) is 70.9 Å². The fourth-order valence-corrected chi connectivity index (χ4v) is 6.57. The first-order chi connectivity index (χ1) is 21.5. The van der Waals surface area contributed by atoms with Gasteiger partial charge in [-0.2, -0.15) is 0 Å². The second kappa shape index (κ2) is 24.7. The Labute approximate surface area is 280 Å². The summed E-state index contributed by atoms with van der Waals surface area (Å²) in [6, 6.07) is 0.618. The first-order valence-electron chi connectivity index (χ1n) is 18.8. The van der Waals surface area contributed by atoms with E-state index >= 15 is 0 Å². The van der Waals surface area contributed by atoms with Gasteiger partial charge in [-0.3, -0.25) is 5.32 Å². The number of nitrogens with one attached hydrogen (secondary N) is 2. The number of aliphatic hydroxyl groups excluding tert-OH is 1. The fourth-order valence-electron chi connectivity index (χ4n) is 6.57. The molecule has 5 atom stereocenters. The monoisotopic (exact) mass is 626 g/mol. The minimum Gasteiger partial charge on any atom is -0.379 e. The van der Waals surface area contributed by atoms with Gasteiger partial charge in [0.25, 0.3) is 0 Å². The van der Waals surface area contributed by atoms with Gasteiger partial charge in [0, 0.05) is 24.5 Å². The summed E-state index contributed by atoms with van der Waals surface area (Å²) in [4.78, 5) is 0. The van der Waals surface area contributed by atoms with Crippen LogP contribution in [0.3, 0.4) is 0 Å². The third kappa shape index (κ3) is 18.5. The Balaban J connectivity index is 2.94. The number of hydrogen-bond acceptors (Lipinski definition) is 4. The van der Waals surface area contributed by atoms with Crippen molar-refractivity contribution in [2.24, 2.45) is 29.4 Å². The van der Waals surface area contributed by atoms with Gasteiger partial charge in [0.15, 0.2) is 0 Å². The molecule has 0 aromatic carbocycles. The summed E-state index contributed by atoms with van der Waals surface area (Å²) in [6.45, 7) is 22.4. The van der Waals surface area contributed by atoms with E-state index in [2.05, 4.69) is 109 Å². The molecule has 4 nitrogen and oxygen atoms in total. The molecule has 0 aliphatic heterocycles. The van der Waals surface area contributed by atoms with Crippen molar-refractivity contribution >= 4 is 0 Å². The molecule has 1 rings (SSSR count). The largest absolute Gasteiger partial charge is 0.379 e. The highest BCUT2D eigenvalue weighted by molar-refractivity contribution is 5.50. The molecule has 4 heteroatoms. The van der Waals surface area contributed by atoms with Crippen LogP contribution in [-0.4, -0.2) is 36.5 Å². The van der Waals surface area contributed by atoms with Crippen molar-refractivity contribution < 1.29 is 5.11 Å². The Bertz CT molecular complexity index is 923. The fraction of sp³-hybridized carbons (Fsp3) is 0.756. The highest BCUT2D eigenvalue weighted by Gasteiger charge is 2.22. The van der Waals surface area contributed by atoms with Crippen LogP contribution in [0.25, 0.3) is 0 Å². The van der Waals surface area contributed by atoms with Gasteiger partial charge in [0.2, 0.25) is 0 Å². The Hall–Kier alpha value is -1.46. The quantitative estimate of drug-likeness (QED) is 0.0463. The van der Waals surface area contributed by atoms with Crippen LogP contribution in [0.1, 0.15) is 146 Å². The molecule has 1 aliphatic rings. The highest BCUT2D eigenvalue weighted by Crippen LogP contribution is 2.38. The van der Waals surface area contributed by atoms with Crippen LogP contribution in [0.15, 0.2) is 58.7 Å². The molecular weight excluding hydrogens is 550 g/mol. The molecule has 0 heterocycles. The van der Waals surface area contributed by atoms with Crippen LogP contribution in [0.2, 0.25) is 0 Å². The van der Waals surface area contributed by atoms with E-state index in [-0.39, 0.29) is 6.04 Å². The lowest BCUT2D eigenvalue weighted by molar-refractivity contribution is 0.119. The van der Waals surface area contributed by atoms with Crippen LogP contribution in [0.4, 0.5) is 0 Å². The zero-order chi connectivity index (χ0) is 33.6. The summed E-state index contributed by atoms with van der Waals surface area (Å²) < 4.78 is 0. The number of aliphatic hydroxyl groups is 1. The molecule has 0 bridgehead atoms. The summed E-state index contributed by atoms with van der Waals surface area (Å²) >= 11 is 0. The Morgan fingerprint density at radius 3 is 2.24 bits per heavy atom. The molecule has 0 saturated carbocycles. The molecule has 0 aromatic rings. The molecule has 0 fully saturated rings. The average molecular weight is 626 g/mol. The Morgan fingerprint density at radius 2 is 1.64 bits per heavy atom. The van der Waals surface area contributed by atoms with E-state index in [4.69, 9.17) is 5.73 Å². The summed E-state index contributed by atoms with van der Waals surface area (Å²) in [5, 5.41) is 17.8. The smallest absolute Gasteiger partial charge is 0.104 e. The SMILES string of the molecule is C\C=C(CCCCCC(O)NCC(CC(C)C)NCC(C)C)/C(=C\CCC(C)N)C(=C(\C)C1C=CC=CC1)/C(C)CCCCC. The highest BCUT2D eigenvalue weighted by atomic mass is 16.3. The lowest BCUT2D eigenvalue weighted by atomic mass is 9.77. The summed E-state index contributed by atoms with van der Waals surface area (Å²) in [6.07, 6.45) is 28.1. The number of unbranched alkanes of at least 4 members (excludes halogenated alkanes) is 4. The van der Waals surface area contributed by atoms with E-state index in [9.17, 15) is 5.11 Å². The zero-order valence-corrected chi connectivity index (χ0v) is 31.1. The molecule has 260 valence electrons. The van der Waals surface area contributed by atoms with Gasteiger partial charge in [-0.25, -0.2) is 0 Å². The third-order valence-corrected chi connectivity index (χ3v) is 9.24. The van der Waals surface area contributed by atoms with Gasteiger partial charge in [0.1, 0.15) is 6.23 Å². The molecule has 0 radical (unpaired) electrons. The topological polar surface area (TPSA) is 70.3 Å². The van der Waals surface area contributed by atoms with Crippen molar-refractivity contribution in [1.82, 2.24) is 10.6 Å². The van der Waals surface area contributed by atoms with Gasteiger partial charge < -0.3 is 16.2 Å². The van der Waals surface area contributed by atoms with Crippen LogP contribution in [-0.2, 0) is 0 Å². The molecule has 0 aromatic heterocycles. The van der Waals surface area contributed by atoms with Crippen molar-refractivity contribution in [3.05, 3.63) is 58.7 Å². The summed E-state index contributed by atoms with van der Waals surface area (Å²) in [7, 11) is 0. The third-order valence-electron chi connectivity index (χ3n) is 9.24. The van der Waals surface area contributed by atoms with Crippen LogP contribution >= 0.6 is 0 Å². The van der Waals surface area contributed by atoms with Crippen LogP contribution in [0, 0.1) is 23.7 Å². The number of hydrogen-bond donors (Lipinski definition) is 4. The van der Waals surface area contributed by atoms with E-state index < -0.39 is 6.23 Å². The first kappa shape index (κ1) is 41.6. The van der Waals surface area contributed by atoms with Crippen LogP contribution < -0.4 is 16.4 Å². The molecule has 0 amide bonds. The predicted octanol–water partition coefficient (Wildman–Crippen LogP) is 10.2. The van der Waals surface area contributed by atoms with Crippen molar-refractivity contribution in [3.8, 4) is 0 Å². The lowest BCUT2D eigenvalue weighted by Crippen LogP contribution is -2.44. The molecule has 45 heavy (non-hydrogen) atoms. The number of nitrogens with two attached hydrogens (primary N) is 1. The van der Waals surface area contributed by atoms with Gasteiger partial charge in [-0.1, -0.05) is 109 Å². The average Bonchev–Trinajstić information content (AvgIpc) is 3.00. The molecule has 0 spiro atoms. The van der Waals surface area contributed by atoms with Gasteiger partial charge in [-0.05, 0) is 120 Å². The lowest BCUT2D eigenvalue weighted by Gasteiger charge is -2.28. The maximum atomic E-state index is 10.7. The Kier molecular flexibility index (Phi) is 22.8. The normalized spacial score (nSPS) is 19.3. The minimum atomic E-state index is -0.436. The van der Waals surface area contributed by atoms with Crippen molar-refractivity contribution in [2.45, 2.75) is 164 Å². The van der Waals surface area contributed by atoms with E-state index in [1.807, 2.05) is 0 Å². The van der Waals surface area contributed by atoms with Crippen LogP contribution in [0.5, 0.6) is 0 Å². The zero-order valence-electron chi connectivity index (χ0n) is 31.1. The van der Waals surface area contributed by atoms with Crippen molar-refractivity contribution in [3.63, 3.8) is 0 Å². The predicted molar refractivity (Wildman–Crippen MR) is 200 cm³/mol. The summed E-state index contributed by atoms with van der Waals surface area (Å²) in [5.41, 5.74) is 12.3. The maximum absolute atomic E-state index is 10.7. The maximum Gasteiger partial charge on any atom is 0.104 e. The molecule has 5 N–H and O–H groups in total. The van der Waals surface area contributed by atoms with E-state index in [1.165, 1.54) is 36.8 Å². The second-order valence-corrected chi connectivity index (χ2v) is 14.8. The second-order valence-electron chi connectivity index (χ2n) is 14.8. The molecular formula is C41H75N3O. The standard InChI is InChI=1S/C41H75N3O/c1-10-12-15-21-33(7)41(35(9)37-24-17-13-18-25-37)39(26-20-22-34(8)42)36(11-2)23-16-14-19-27-40(45)44-30-38(28-31(3)4)43-29-32(5)6/h11,13,17-18,24,26,31-34,37-38,40,43-45H,10,12,14-16,19-23,25,27-30,42H2,1-9H3/b36-11-,39-26+,41-35+. The molecule has 0 saturated heterocycles.